The lowest BCUT2D eigenvalue weighted by molar-refractivity contribution is -0.118. The predicted octanol–water partition coefficient (Wildman–Crippen LogP) is 4.10. The minimum absolute atomic E-state index is 0.000833. The molecule has 0 spiro atoms. The van der Waals surface area contributed by atoms with E-state index < -0.39 is 15.9 Å². The molecule has 0 aliphatic carbocycles. The molecule has 1 atom stereocenters. The highest BCUT2D eigenvalue weighted by molar-refractivity contribution is 7.90. The molecular weight excluding hydrogens is 414 g/mol. The monoisotopic (exact) mass is 433 g/mol. The molecule has 1 unspecified atom stereocenters. The summed E-state index contributed by atoms with van der Waals surface area (Å²) in [6.45, 7) is 0.000833. The summed E-state index contributed by atoms with van der Waals surface area (Å²) in [7, 11) is -3.35. The topological polar surface area (TPSA) is 81.7 Å². The first-order chi connectivity index (χ1) is 14.9. The van der Waals surface area contributed by atoms with Crippen LogP contribution in [0.3, 0.4) is 0 Å². The average molecular weight is 433 g/mol. The number of nitrogens with one attached hydrogen (secondary N) is 1. The summed E-state index contributed by atoms with van der Waals surface area (Å²) in [6.07, 6.45) is 2.73. The van der Waals surface area contributed by atoms with Crippen LogP contribution in [0.5, 0.6) is 11.5 Å². The van der Waals surface area contributed by atoms with Crippen molar-refractivity contribution in [2.45, 2.75) is 11.0 Å². The molecule has 5 rings (SSSR count). The molecule has 0 saturated heterocycles. The molecule has 0 aromatic heterocycles. The smallest absolute Gasteiger partial charge is 0.262 e. The fourth-order valence-electron chi connectivity index (χ4n) is 3.77. The fraction of sp³-hybridized carbons (Fsp3) is 0.125. The highest BCUT2D eigenvalue weighted by atomic mass is 32.2. The van der Waals surface area contributed by atoms with Crippen molar-refractivity contribution >= 4 is 33.1 Å². The summed E-state index contributed by atoms with van der Waals surface area (Å²) in [5.41, 5.74) is 4.10. The van der Waals surface area contributed by atoms with Crippen LogP contribution in [-0.4, -0.2) is 27.2 Å². The number of carbonyl (C=O) groups is 1. The van der Waals surface area contributed by atoms with E-state index in [-0.39, 0.29) is 17.4 Å². The summed E-state index contributed by atoms with van der Waals surface area (Å²) < 4.78 is 35.8. The number of hydrogen-bond acceptors (Lipinski definition) is 5. The quantitative estimate of drug-likeness (QED) is 0.673. The SMILES string of the molecule is CS(=O)(=O)c1ccc2c(c1)OC(c1ccccc1)C(c1ccc3c(c1)NC(=O)CO3)=C2. The van der Waals surface area contributed by atoms with Crippen LogP contribution >= 0.6 is 0 Å². The van der Waals surface area contributed by atoms with Crippen molar-refractivity contribution in [1.29, 1.82) is 0 Å². The van der Waals surface area contributed by atoms with Crippen LogP contribution in [0.15, 0.2) is 71.6 Å². The van der Waals surface area contributed by atoms with Crippen molar-refractivity contribution in [2.75, 3.05) is 18.2 Å². The first kappa shape index (κ1) is 19.4. The Hall–Kier alpha value is -3.58. The Morgan fingerprint density at radius 2 is 1.77 bits per heavy atom. The molecule has 1 N–H and O–H groups in total. The van der Waals surface area contributed by atoms with Gasteiger partial charge in [0.05, 0.1) is 10.6 Å². The summed E-state index contributed by atoms with van der Waals surface area (Å²) in [5, 5.41) is 2.84. The van der Waals surface area contributed by atoms with Crippen molar-refractivity contribution in [3.63, 3.8) is 0 Å². The van der Waals surface area contributed by atoms with Crippen LogP contribution in [0.1, 0.15) is 22.8 Å². The fourth-order valence-corrected chi connectivity index (χ4v) is 4.41. The van der Waals surface area contributed by atoms with Crippen LogP contribution in [0.2, 0.25) is 0 Å². The Labute approximate surface area is 180 Å². The Morgan fingerprint density at radius 1 is 0.968 bits per heavy atom. The van der Waals surface area contributed by atoms with Gasteiger partial charge in [-0.2, -0.15) is 0 Å². The first-order valence-corrected chi connectivity index (χ1v) is 11.6. The third-order valence-electron chi connectivity index (χ3n) is 5.30. The van der Waals surface area contributed by atoms with Crippen LogP contribution in [0, 0.1) is 0 Å². The van der Waals surface area contributed by atoms with Gasteiger partial charge in [-0.15, -0.1) is 0 Å². The Morgan fingerprint density at radius 3 is 2.55 bits per heavy atom. The van der Waals surface area contributed by atoms with Crippen molar-refractivity contribution in [1.82, 2.24) is 0 Å². The van der Waals surface area contributed by atoms with E-state index in [0.717, 1.165) is 22.3 Å². The lowest BCUT2D eigenvalue weighted by Crippen LogP contribution is -2.25. The molecule has 31 heavy (non-hydrogen) atoms. The molecule has 156 valence electrons. The molecule has 1 amide bonds. The highest BCUT2D eigenvalue weighted by Crippen LogP contribution is 2.44. The van der Waals surface area contributed by atoms with Gasteiger partial charge in [0.1, 0.15) is 17.6 Å². The number of fused-ring (bicyclic) bond motifs is 2. The second kappa shape index (κ2) is 7.28. The Kier molecular flexibility index (Phi) is 4.55. The van der Waals surface area contributed by atoms with Gasteiger partial charge >= 0.3 is 0 Å². The van der Waals surface area contributed by atoms with E-state index in [1.807, 2.05) is 54.6 Å². The van der Waals surface area contributed by atoms with Crippen LogP contribution in [-0.2, 0) is 14.6 Å². The van der Waals surface area contributed by atoms with Gasteiger partial charge < -0.3 is 14.8 Å². The molecule has 2 heterocycles. The molecule has 3 aromatic rings. The van der Waals surface area contributed by atoms with E-state index in [2.05, 4.69) is 5.32 Å². The molecule has 0 saturated carbocycles. The van der Waals surface area contributed by atoms with Gasteiger partial charge in [0, 0.05) is 17.4 Å². The first-order valence-electron chi connectivity index (χ1n) is 9.73. The lowest BCUT2D eigenvalue weighted by Gasteiger charge is -2.29. The molecule has 7 heteroatoms. The highest BCUT2D eigenvalue weighted by Gasteiger charge is 2.28. The van der Waals surface area contributed by atoms with E-state index in [1.165, 1.54) is 6.26 Å². The average Bonchev–Trinajstić information content (AvgIpc) is 2.77. The zero-order chi connectivity index (χ0) is 21.6. The van der Waals surface area contributed by atoms with E-state index in [9.17, 15) is 13.2 Å². The maximum absolute atomic E-state index is 12.0. The third-order valence-corrected chi connectivity index (χ3v) is 6.41. The molecule has 2 aliphatic rings. The van der Waals surface area contributed by atoms with Gasteiger partial charge in [-0.1, -0.05) is 36.4 Å². The second-order valence-electron chi connectivity index (χ2n) is 7.53. The van der Waals surface area contributed by atoms with Gasteiger partial charge in [0.25, 0.3) is 5.91 Å². The summed E-state index contributed by atoms with van der Waals surface area (Å²) in [5.74, 6) is 0.932. The molecule has 6 nitrogen and oxygen atoms in total. The molecule has 0 fully saturated rings. The second-order valence-corrected chi connectivity index (χ2v) is 9.54. The van der Waals surface area contributed by atoms with Gasteiger partial charge in [0.15, 0.2) is 16.4 Å². The van der Waals surface area contributed by atoms with Crippen LogP contribution < -0.4 is 14.8 Å². The molecule has 0 bridgehead atoms. The minimum atomic E-state index is -3.35. The maximum Gasteiger partial charge on any atom is 0.262 e. The van der Waals surface area contributed by atoms with Crippen LogP contribution in [0.25, 0.3) is 11.6 Å². The van der Waals surface area contributed by atoms with Gasteiger partial charge in [-0.3, -0.25) is 4.79 Å². The van der Waals surface area contributed by atoms with Gasteiger partial charge in [-0.25, -0.2) is 8.42 Å². The van der Waals surface area contributed by atoms with E-state index in [1.54, 1.807) is 18.2 Å². The number of rotatable bonds is 3. The number of hydrogen-bond donors (Lipinski definition) is 1. The Balaban J connectivity index is 1.65. The normalized spacial score (nSPS) is 17.4. The minimum Gasteiger partial charge on any atom is -0.482 e. The third kappa shape index (κ3) is 3.68. The zero-order valence-corrected chi connectivity index (χ0v) is 17.5. The standard InChI is InChI=1S/C24H19NO5S/c1-31(27,28)18-9-7-17-11-19(16-8-10-21-20(12-16)25-23(26)14-29-21)24(30-22(17)13-18)15-5-3-2-4-6-15/h2-13,24H,14H2,1H3,(H,25,26). The molecular formula is C24H19NO5S. The van der Waals surface area contributed by atoms with Crippen molar-refractivity contribution in [3.05, 3.63) is 83.4 Å². The number of amides is 1. The van der Waals surface area contributed by atoms with Gasteiger partial charge in [0.2, 0.25) is 0 Å². The summed E-state index contributed by atoms with van der Waals surface area (Å²) in [6, 6.07) is 20.2. The van der Waals surface area contributed by atoms with E-state index >= 15 is 0 Å². The Bertz CT molecular complexity index is 1330. The predicted molar refractivity (Wildman–Crippen MR) is 118 cm³/mol. The zero-order valence-electron chi connectivity index (χ0n) is 16.7. The number of carbonyl (C=O) groups excluding carboxylic acids is 1. The van der Waals surface area contributed by atoms with Crippen molar-refractivity contribution in [2.24, 2.45) is 0 Å². The maximum atomic E-state index is 12.0. The van der Waals surface area contributed by atoms with E-state index in [0.29, 0.717) is 17.2 Å². The number of sulfone groups is 1. The van der Waals surface area contributed by atoms with E-state index in [4.69, 9.17) is 9.47 Å². The van der Waals surface area contributed by atoms with Gasteiger partial charge in [-0.05, 0) is 47.5 Å². The van der Waals surface area contributed by atoms with Crippen molar-refractivity contribution < 1.29 is 22.7 Å². The number of benzene rings is 3. The van der Waals surface area contributed by atoms with Crippen LogP contribution in [0.4, 0.5) is 5.69 Å². The molecule has 0 radical (unpaired) electrons. The van der Waals surface area contributed by atoms with Crippen molar-refractivity contribution in [3.8, 4) is 11.5 Å². The molecule has 2 aliphatic heterocycles. The molecule has 3 aromatic carbocycles. The lowest BCUT2D eigenvalue weighted by atomic mass is 9.90. The largest absolute Gasteiger partial charge is 0.482 e. The number of anilines is 1. The summed E-state index contributed by atoms with van der Waals surface area (Å²) >= 11 is 0. The number of ether oxygens (including phenoxy) is 2. The summed E-state index contributed by atoms with van der Waals surface area (Å²) in [4.78, 5) is 12.0.